The molecule has 0 aliphatic heterocycles. The molecule has 158 valence electrons. The predicted octanol–water partition coefficient (Wildman–Crippen LogP) is 5.20. The number of rotatable bonds is 5. The van der Waals surface area contributed by atoms with Gasteiger partial charge in [0.25, 0.3) is 0 Å². The van der Waals surface area contributed by atoms with Crippen LogP contribution in [0.4, 0.5) is 5.69 Å². The largest absolute Gasteiger partial charge is 0.351 e. The van der Waals surface area contributed by atoms with E-state index in [4.69, 9.17) is 6.42 Å². The minimum atomic E-state index is -0.782. The summed E-state index contributed by atoms with van der Waals surface area (Å²) in [4.78, 5) is 28.5. The van der Waals surface area contributed by atoms with Gasteiger partial charge in [-0.3, -0.25) is 14.5 Å². The van der Waals surface area contributed by atoms with E-state index in [0.29, 0.717) is 5.69 Å². The average Bonchev–Trinajstić information content (AvgIpc) is 3.25. The third-order valence-corrected chi connectivity index (χ3v) is 6.55. The van der Waals surface area contributed by atoms with E-state index in [1.165, 1.54) is 22.7 Å². The third-order valence-electron chi connectivity index (χ3n) is 5.62. The van der Waals surface area contributed by atoms with Crippen molar-refractivity contribution in [1.82, 2.24) is 5.32 Å². The summed E-state index contributed by atoms with van der Waals surface area (Å²) in [6.45, 7) is 6.41. The SMILES string of the molecule is C#CC(=O)N(c1ccc(C(C)(C)C)cc1)C(C(=O)NC1CCCCC1)c1cccs1. The van der Waals surface area contributed by atoms with E-state index in [0.717, 1.165) is 36.1 Å². The monoisotopic (exact) mass is 422 g/mol. The molecule has 1 fully saturated rings. The molecule has 1 N–H and O–H groups in total. The Labute approximate surface area is 183 Å². The number of nitrogens with one attached hydrogen (secondary N) is 1. The molecule has 30 heavy (non-hydrogen) atoms. The summed E-state index contributed by atoms with van der Waals surface area (Å²) in [7, 11) is 0. The van der Waals surface area contributed by atoms with E-state index in [-0.39, 0.29) is 17.4 Å². The lowest BCUT2D eigenvalue weighted by Gasteiger charge is -2.32. The van der Waals surface area contributed by atoms with Crippen LogP contribution in [0, 0.1) is 12.3 Å². The maximum atomic E-state index is 13.4. The van der Waals surface area contributed by atoms with E-state index in [1.807, 2.05) is 41.8 Å². The Morgan fingerprint density at radius 3 is 2.33 bits per heavy atom. The fourth-order valence-electron chi connectivity index (χ4n) is 3.92. The molecule has 1 aromatic carbocycles. The first-order valence-electron chi connectivity index (χ1n) is 10.6. The molecule has 1 aliphatic carbocycles. The zero-order chi connectivity index (χ0) is 21.7. The molecule has 2 amide bonds. The van der Waals surface area contributed by atoms with Crippen LogP contribution >= 0.6 is 11.3 Å². The summed E-state index contributed by atoms with van der Waals surface area (Å²) in [6, 6.07) is 10.9. The van der Waals surface area contributed by atoms with Gasteiger partial charge in [-0.2, -0.15) is 0 Å². The highest BCUT2D eigenvalue weighted by Crippen LogP contribution is 2.33. The molecule has 0 bridgehead atoms. The van der Waals surface area contributed by atoms with Crippen molar-refractivity contribution in [1.29, 1.82) is 0 Å². The Morgan fingerprint density at radius 1 is 1.13 bits per heavy atom. The van der Waals surface area contributed by atoms with Crippen LogP contribution in [0.25, 0.3) is 0 Å². The molecule has 4 nitrogen and oxygen atoms in total. The number of carbonyl (C=O) groups is 2. The van der Waals surface area contributed by atoms with Crippen molar-refractivity contribution in [2.75, 3.05) is 4.90 Å². The van der Waals surface area contributed by atoms with E-state index in [2.05, 4.69) is 32.0 Å². The third kappa shape index (κ3) is 5.12. The fraction of sp³-hybridized carbons (Fsp3) is 0.440. The van der Waals surface area contributed by atoms with Crippen LogP contribution in [0.5, 0.6) is 0 Å². The highest BCUT2D eigenvalue weighted by Gasteiger charge is 2.34. The molecule has 1 aliphatic rings. The highest BCUT2D eigenvalue weighted by molar-refractivity contribution is 7.10. The Hall–Kier alpha value is -2.58. The van der Waals surface area contributed by atoms with Crippen LogP contribution in [-0.2, 0) is 15.0 Å². The number of hydrogen-bond acceptors (Lipinski definition) is 3. The summed E-state index contributed by atoms with van der Waals surface area (Å²) < 4.78 is 0. The molecule has 0 radical (unpaired) electrons. The van der Waals surface area contributed by atoms with Crippen LogP contribution < -0.4 is 10.2 Å². The van der Waals surface area contributed by atoms with Gasteiger partial charge in [-0.05, 0) is 53.3 Å². The van der Waals surface area contributed by atoms with E-state index < -0.39 is 11.9 Å². The minimum Gasteiger partial charge on any atom is -0.351 e. The van der Waals surface area contributed by atoms with Crippen LogP contribution in [0.3, 0.4) is 0 Å². The van der Waals surface area contributed by atoms with Crippen LogP contribution in [0.15, 0.2) is 41.8 Å². The Morgan fingerprint density at radius 2 is 1.80 bits per heavy atom. The topological polar surface area (TPSA) is 49.4 Å². The van der Waals surface area contributed by atoms with Crippen molar-refractivity contribution >= 4 is 28.8 Å². The number of amides is 2. The standard InChI is InChI=1S/C25H30N2O2S/c1-5-22(28)27(20-15-13-18(14-16-20)25(2,3)4)23(21-12-9-17-30-21)24(29)26-19-10-7-6-8-11-19/h1,9,12-17,19,23H,6-8,10-11H2,2-4H3,(H,26,29). The average molecular weight is 423 g/mol. The molecule has 1 heterocycles. The molecule has 1 saturated carbocycles. The summed E-state index contributed by atoms with van der Waals surface area (Å²) in [6.07, 6.45) is 10.9. The van der Waals surface area contributed by atoms with Crippen molar-refractivity contribution < 1.29 is 9.59 Å². The maximum Gasteiger partial charge on any atom is 0.303 e. The smallest absolute Gasteiger partial charge is 0.303 e. The summed E-state index contributed by atoms with van der Waals surface area (Å²) in [5, 5.41) is 5.09. The molecule has 1 atom stereocenters. The van der Waals surface area contributed by atoms with Gasteiger partial charge in [-0.15, -0.1) is 17.8 Å². The number of anilines is 1. The van der Waals surface area contributed by atoms with Gasteiger partial charge in [0.15, 0.2) is 6.04 Å². The number of thiophene rings is 1. The Kier molecular flexibility index (Phi) is 6.99. The molecule has 0 spiro atoms. The van der Waals surface area contributed by atoms with Crippen molar-refractivity contribution in [3.63, 3.8) is 0 Å². The molecule has 3 rings (SSSR count). The van der Waals surface area contributed by atoms with Gasteiger partial charge in [-0.25, -0.2) is 0 Å². The number of hydrogen-bond donors (Lipinski definition) is 1. The zero-order valence-corrected chi connectivity index (χ0v) is 18.8. The Balaban J connectivity index is 1.97. The van der Waals surface area contributed by atoms with Crippen molar-refractivity contribution in [2.24, 2.45) is 0 Å². The van der Waals surface area contributed by atoms with Crippen molar-refractivity contribution in [3.05, 3.63) is 52.2 Å². The normalized spacial score (nSPS) is 15.8. The molecular weight excluding hydrogens is 392 g/mol. The van der Waals surface area contributed by atoms with Gasteiger partial charge in [0, 0.05) is 16.6 Å². The lowest BCUT2D eigenvalue weighted by atomic mass is 9.87. The minimum absolute atomic E-state index is 0.00893. The van der Waals surface area contributed by atoms with E-state index >= 15 is 0 Å². The van der Waals surface area contributed by atoms with Gasteiger partial charge in [0.05, 0.1) is 0 Å². The number of benzene rings is 1. The quantitative estimate of drug-likeness (QED) is 0.673. The number of terminal acetylenes is 1. The lowest BCUT2D eigenvalue weighted by Crippen LogP contribution is -2.46. The predicted molar refractivity (Wildman–Crippen MR) is 124 cm³/mol. The fourth-order valence-corrected chi connectivity index (χ4v) is 4.74. The van der Waals surface area contributed by atoms with Crippen LogP contribution in [0.1, 0.15) is 69.4 Å². The van der Waals surface area contributed by atoms with Gasteiger partial charge in [0.1, 0.15) is 0 Å². The first kappa shape index (κ1) is 22.1. The lowest BCUT2D eigenvalue weighted by molar-refractivity contribution is -0.125. The van der Waals surface area contributed by atoms with Gasteiger partial charge in [-0.1, -0.05) is 58.2 Å². The van der Waals surface area contributed by atoms with Crippen molar-refractivity contribution in [2.45, 2.75) is 70.4 Å². The van der Waals surface area contributed by atoms with E-state index in [1.54, 1.807) is 0 Å². The van der Waals surface area contributed by atoms with Crippen LogP contribution in [0.2, 0.25) is 0 Å². The molecule has 1 aromatic heterocycles. The second-order valence-electron chi connectivity index (χ2n) is 8.88. The maximum absolute atomic E-state index is 13.4. The summed E-state index contributed by atoms with van der Waals surface area (Å²) in [5.74, 6) is 1.53. The first-order valence-corrected chi connectivity index (χ1v) is 11.4. The molecule has 1 unspecified atom stereocenters. The molecule has 0 saturated heterocycles. The second-order valence-corrected chi connectivity index (χ2v) is 9.86. The summed E-state index contributed by atoms with van der Waals surface area (Å²) in [5.41, 5.74) is 1.77. The van der Waals surface area contributed by atoms with Crippen molar-refractivity contribution in [3.8, 4) is 12.3 Å². The number of nitrogens with zero attached hydrogens (tertiary/aromatic N) is 1. The van der Waals surface area contributed by atoms with E-state index in [9.17, 15) is 9.59 Å². The summed E-state index contributed by atoms with van der Waals surface area (Å²) >= 11 is 1.46. The Bertz CT molecular complexity index is 898. The van der Waals surface area contributed by atoms with Gasteiger partial charge in [0.2, 0.25) is 5.91 Å². The highest BCUT2D eigenvalue weighted by atomic mass is 32.1. The second kappa shape index (κ2) is 9.49. The van der Waals surface area contributed by atoms with Gasteiger partial charge < -0.3 is 5.32 Å². The van der Waals surface area contributed by atoms with Crippen LogP contribution in [-0.4, -0.2) is 17.9 Å². The molecular formula is C25H30N2O2S. The first-order chi connectivity index (χ1) is 14.3. The molecule has 5 heteroatoms. The zero-order valence-electron chi connectivity index (χ0n) is 18.0. The molecule has 2 aromatic rings. The number of carbonyl (C=O) groups excluding carboxylic acids is 2. The van der Waals surface area contributed by atoms with Gasteiger partial charge >= 0.3 is 5.91 Å².